The molecule has 2 aromatic rings. The molecule has 1 aliphatic carbocycles. The fourth-order valence-corrected chi connectivity index (χ4v) is 3.33. The quantitative estimate of drug-likeness (QED) is 0.652. The number of nitrogens with one attached hydrogen (secondary N) is 3. The lowest BCUT2D eigenvalue weighted by Crippen LogP contribution is -2.45. The maximum atomic E-state index is 12.0. The van der Waals surface area contributed by atoms with E-state index in [0.29, 0.717) is 38.8 Å². The number of urea groups is 1. The second-order valence-corrected chi connectivity index (χ2v) is 6.39. The van der Waals surface area contributed by atoms with Gasteiger partial charge in [-0.2, -0.15) is 0 Å². The summed E-state index contributed by atoms with van der Waals surface area (Å²) in [5, 5.41) is 14.6. The Morgan fingerprint density at radius 1 is 1.20 bits per heavy atom. The van der Waals surface area contributed by atoms with Crippen molar-refractivity contribution < 1.29 is 14.7 Å². The summed E-state index contributed by atoms with van der Waals surface area (Å²) < 4.78 is 1.59. The molecule has 1 aromatic heterocycles. The first-order chi connectivity index (χ1) is 12.0. The van der Waals surface area contributed by atoms with Crippen molar-refractivity contribution in [3.05, 3.63) is 34.7 Å². The van der Waals surface area contributed by atoms with Crippen molar-refractivity contribution in [1.29, 1.82) is 0 Å². The highest BCUT2D eigenvalue weighted by Gasteiger charge is 2.26. The second kappa shape index (κ2) is 7.42. The molecule has 0 unspecified atom stereocenters. The summed E-state index contributed by atoms with van der Waals surface area (Å²) in [4.78, 5) is 37.6. The molecule has 0 saturated heterocycles. The van der Waals surface area contributed by atoms with Crippen LogP contribution >= 0.6 is 0 Å². The summed E-state index contributed by atoms with van der Waals surface area (Å²) in [5.41, 5.74) is 1.38. The molecule has 0 atom stereocenters. The molecular weight excluding hydrogens is 324 g/mol. The van der Waals surface area contributed by atoms with Gasteiger partial charge in [0.15, 0.2) is 0 Å². The molecular formula is C17H22N4O4. The van der Waals surface area contributed by atoms with E-state index in [2.05, 4.69) is 15.6 Å². The number of fused-ring (bicyclic) bond motifs is 1. The van der Waals surface area contributed by atoms with Crippen LogP contribution in [-0.2, 0) is 11.3 Å². The van der Waals surface area contributed by atoms with Gasteiger partial charge in [0.25, 0.3) is 0 Å². The minimum absolute atomic E-state index is 0.00594. The number of hydrogen-bond acceptors (Lipinski definition) is 3. The van der Waals surface area contributed by atoms with E-state index in [-0.39, 0.29) is 23.7 Å². The Labute approximate surface area is 144 Å². The van der Waals surface area contributed by atoms with Crippen LogP contribution in [0.4, 0.5) is 4.79 Å². The van der Waals surface area contributed by atoms with Gasteiger partial charge in [-0.05, 0) is 37.8 Å². The number of rotatable bonds is 5. The highest BCUT2D eigenvalue weighted by molar-refractivity contribution is 5.75. The molecule has 0 spiro atoms. The number of para-hydroxylation sites is 2. The molecule has 1 fully saturated rings. The second-order valence-electron chi connectivity index (χ2n) is 6.39. The summed E-state index contributed by atoms with van der Waals surface area (Å²) in [6.45, 7) is 0.708. The van der Waals surface area contributed by atoms with Crippen LogP contribution in [0, 0.1) is 5.92 Å². The van der Waals surface area contributed by atoms with Gasteiger partial charge >= 0.3 is 17.7 Å². The molecule has 2 amide bonds. The number of carbonyl (C=O) groups excluding carboxylic acids is 1. The van der Waals surface area contributed by atoms with E-state index in [4.69, 9.17) is 5.11 Å². The van der Waals surface area contributed by atoms with E-state index >= 15 is 0 Å². The zero-order valence-corrected chi connectivity index (χ0v) is 13.8. The summed E-state index contributed by atoms with van der Waals surface area (Å²) in [6.07, 6.45) is 2.52. The zero-order valence-electron chi connectivity index (χ0n) is 13.8. The third-order valence-electron chi connectivity index (χ3n) is 4.71. The van der Waals surface area contributed by atoms with Crippen LogP contribution in [0.15, 0.2) is 29.1 Å². The van der Waals surface area contributed by atoms with Crippen molar-refractivity contribution in [3.8, 4) is 0 Å². The molecule has 134 valence electrons. The van der Waals surface area contributed by atoms with Crippen LogP contribution in [0.3, 0.4) is 0 Å². The van der Waals surface area contributed by atoms with Crippen molar-refractivity contribution in [2.75, 3.05) is 6.54 Å². The molecule has 0 radical (unpaired) electrons. The van der Waals surface area contributed by atoms with Crippen LogP contribution in [0.25, 0.3) is 11.0 Å². The van der Waals surface area contributed by atoms with Crippen molar-refractivity contribution in [1.82, 2.24) is 20.2 Å². The van der Waals surface area contributed by atoms with E-state index < -0.39 is 5.97 Å². The van der Waals surface area contributed by atoms with Gasteiger partial charge in [0, 0.05) is 19.1 Å². The lowest BCUT2D eigenvalue weighted by molar-refractivity contribution is -0.142. The number of aromatic nitrogens is 2. The van der Waals surface area contributed by atoms with Crippen LogP contribution in [0.5, 0.6) is 0 Å². The van der Waals surface area contributed by atoms with Gasteiger partial charge in [0.2, 0.25) is 0 Å². The summed E-state index contributed by atoms with van der Waals surface area (Å²) in [6, 6.07) is 7.13. The van der Waals surface area contributed by atoms with E-state index in [0.717, 1.165) is 11.0 Å². The van der Waals surface area contributed by atoms with Crippen LogP contribution < -0.4 is 16.3 Å². The van der Waals surface area contributed by atoms with E-state index in [1.54, 1.807) is 4.57 Å². The molecule has 1 aromatic carbocycles. The predicted molar refractivity (Wildman–Crippen MR) is 92.5 cm³/mol. The van der Waals surface area contributed by atoms with Crippen LogP contribution in [0.1, 0.15) is 25.7 Å². The molecule has 1 aliphatic rings. The Morgan fingerprint density at radius 2 is 1.92 bits per heavy atom. The number of aromatic amines is 1. The Bertz CT molecular complexity index is 817. The number of nitrogens with zero attached hydrogens (tertiary/aromatic N) is 1. The maximum Gasteiger partial charge on any atom is 0.326 e. The first-order valence-corrected chi connectivity index (χ1v) is 8.49. The average molecular weight is 346 g/mol. The highest BCUT2D eigenvalue weighted by atomic mass is 16.4. The number of hydrogen-bond donors (Lipinski definition) is 4. The smallest absolute Gasteiger partial charge is 0.326 e. The third kappa shape index (κ3) is 4.01. The van der Waals surface area contributed by atoms with Gasteiger partial charge in [-0.25, -0.2) is 9.59 Å². The van der Waals surface area contributed by atoms with Crippen LogP contribution in [-0.4, -0.2) is 39.2 Å². The van der Waals surface area contributed by atoms with Gasteiger partial charge in [-0.1, -0.05) is 12.1 Å². The summed E-state index contributed by atoms with van der Waals surface area (Å²) in [7, 11) is 0. The standard InChI is InChI=1S/C17H22N4O4/c22-15(23)11-5-7-12(8-6-11)19-16(24)18-9-10-21-14-4-2-1-3-13(14)20-17(21)25/h1-4,11-12H,5-10H2,(H,20,25)(H,22,23)(H2,18,19,24). The average Bonchev–Trinajstić information content (AvgIpc) is 2.91. The van der Waals surface area contributed by atoms with Crippen molar-refractivity contribution in [2.45, 2.75) is 38.3 Å². The predicted octanol–water partition coefficient (Wildman–Crippen LogP) is 1.27. The number of carboxylic acids is 1. The Morgan fingerprint density at radius 3 is 2.64 bits per heavy atom. The number of carbonyl (C=O) groups is 2. The monoisotopic (exact) mass is 346 g/mol. The SMILES string of the molecule is O=C(NCCn1c(=O)[nH]c2ccccc21)NC1CCC(C(=O)O)CC1. The largest absolute Gasteiger partial charge is 0.481 e. The fraction of sp³-hybridized carbons (Fsp3) is 0.471. The van der Waals surface area contributed by atoms with Crippen molar-refractivity contribution in [3.63, 3.8) is 0 Å². The van der Waals surface area contributed by atoms with Crippen molar-refractivity contribution in [2.24, 2.45) is 5.92 Å². The van der Waals surface area contributed by atoms with E-state index in [1.165, 1.54) is 0 Å². The third-order valence-corrected chi connectivity index (χ3v) is 4.71. The molecule has 8 nitrogen and oxygen atoms in total. The maximum absolute atomic E-state index is 12.0. The minimum Gasteiger partial charge on any atom is -0.481 e. The molecule has 0 bridgehead atoms. The number of carboxylic acid groups (broad SMARTS) is 1. The van der Waals surface area contributed by atoms with E-state index in [1.807, 2.05) is 24.3 Å². The van der Waals surface area contributed by atoms with Crippen molar-refractivity contribution >= 4 is 23.0 Å². The van der Waals surface area contributed by atoms with Gasteiger partial charge in [-0.3, -0.25) is 9.36 Å². The Hall–Kier alpha value is -2.77. The first-order valence-electron chi connectivity index (χ1n) is 8.49. The first kappa shape index (κ1) is 17.1. The number of imidazole rings is 1. The summed E-state index contributed by atoms with van der Waals surface area (Å²) in [5.74, 6) is -1.05. The van der Waals surface area contributed by atoms with Gasteiger partial charge in [0.1, 0.15) is 0 Å². The lowest BCUT2D eigenvalue weighted by Gasteiger charge is -2.26. The molecule has 8 heteroatoms. The zero-order chi connectivity index (χ0) is 17.8. The molecule has 0 aliphatic heterocycles. The Kier molecular flexibility index (Phi) is 5.06. The Balaban J connectivity index is 1.46. The number of benzene rings is 1. The normalized spacial score (nSPS) is 20.3. The molecule has 1 saturated carbocycles. The topological polar surface area (TPSA) is 116 Å². The number of H-pyrrole nitrogens is 1. The molecule has 25 heavy (non-hydrogen) atoms. The molecule has 1 heterocycles. The molecule has 4 N–H and O–H groups in total. The number of amides is 2. The van der Waals surface area contributed by atoms with Gasteiger partial charge in [-0.15, -0.1) is 0 Å². The van der Waals surface area contributed by atoms with Gasteiger partial charge < -0.3 is 20.7 Å². The number of aliphatic carboxylic acids is 1. The van der Waals surface area contributed by atoms with Gasteiger partial charge in [0.05, 0.1) is 17.0 Å². The van der Waals surface area contributed by atoms with E-state index in [9.17, 15) is 14.4 Å². The van der Waals surface area contributed by atoms with Crippen LogP contribution in [0.2, 0.25) is 0 Å². The summed E-state index contributed by atoms with van der Waals surface area (Å²) >= 11 is 0. The lowest BCUT2D eigenvalue weighted by atomic mass is 9.86. The highest BCUT2D eigenvalue weighted by Crippen LogP contribution is 2.24. The minimum atomic E-state index is -0.757. The molecule has 3 rings (SSSR count). The fourth-order valence-electron chi connectivity index (χ4n) is 3.33.